The maximum atomic E-state index is 13.4. The van der Waals surface area contributed by atoms with Crippen LogP contribution < -0.4 is 4.90 Å². The average molecular weight is 549 g/mol. The first-order valence-electron chi connectivity index (χ1n) is 10.6. The van der Waals surface area contributed by atoms with Gasteiger partial charge in [0.05, 0.1) is 15.8 Å². The van der Waals surface area contributed by atoms with Crippen LogP contribution in [0.5, 0.6) is 0 Å². The fourth-order valence-electron chi connectivity index (χ4n) is 4.03. The second kappa shape index (κ2) is 9.88. The number of thiazole rings is 1. The van der Waals surface area contributed by atoms with Gasteiger partial charge in [0.25, 0.3) is 0 Å². The van der Waals surface area contributed by atoms with E-state index in [0.717, 1.165) is 21.4 Å². The second-order valence-electron chi connectivity index (χ2n) is 7.82. The number of alkyl halides is 6. The number of thioether (sulfide) groups is 1. The molecule has 2 heterocycles. The molecule has 0 amide bonds. The zero-order valence-electron chi connectivity index (χ0n) is 18.5. The van der Waals surface area contributed by atoms with Crippen LogP contribution in [0.4, 0.5) is 42.8 Å². The summed E-state index contributed by atoms with van der Waals surface area (Å²) >= 11 is 2.85. The molecule has 0 saturated carbocycles. The van der Waals surface area contributed by atoms with Gasteiger partial charge in [-0.2, -0.15) is 26.3 Å². The standard InChI is InChI=1S/C22H18F6N4O2S2/c1-2-35-16-7-3-6-13-17(16)36-20(29-13)31-30-14-9-11-5-4-8-32(15(11)10-12(14)18(33)34)19(21(23,24)25)22(26,27)28/h3,6-7,9-10,19H,2,4-5,8H2,1H3,(H,33,34). The van der Waals surface area contributed by atoms with Crippen LogP contribution in [0, 0.1) is 0 Å². The van der Waals surface area contributed by atoms with Crippen molar-refractivity contribution < 1.29 is 36.2 Å². The van der Waals surface area contributed by atoms with E-state index in [4.69, 9.17) is 0 Å². The van der Waals surface area contributed by atoms with Crippen LogP contribution in [-0.4, -0.2) is 46.8 Å². The number of rotatable bonds is 6. The predicted molar refractivity (Wildman–Crippen MR) is 125 cm³/mol. The lowest BCUT2D eigenvalue weighted by Gasteiger charge is -2.39. The number of carboxylic acids is 1. The van der Waals surface area contributed by atoms with Crippen LogP contribution in [0.1, 0.15) is 29.3 Å². The van der Waals surface area contributed by atoms with E-state index < -0.39 is 42.2 Å². The molecule has 0 radical (unpaired) electrons. The molecule has 0 unspecified atom stereocenters. The maximum absolute atomic E-state index is 13.4. The number of aromatic nitrogens is 1. The number of carboxylic acid groups (broad SMARTS) is 1. The number of nitrogens with zero attached hydrogens (tertiary/aromatic N) is 4. The van der Waals surface area contributed by atoms with Crippen molar-refractivity contribution in [1.29, 1.82) is 0 Å². The molecule has 14 heteroatoms. The van der Waals surface area contributed by atoms with Crippen LogP contribution in [0.15, 0.2) is 45.5 Å². The minimum Gasteiger partial charge on any atom is -0.478 e. The minimum absolute atomic E-state index is 0.0222. The number of azo groups is 1. The highest BCUT2D eigenvalue weighted by molar-refractivity contribution is 7.99. The van der Waals surface area contributed by atoms with Crippen LogP contribution in [0.25, 0.3) is 10.2 Å². The summed E-state index contributed by atoms with van der Waals surface area (Å²) in [4.78, 5) is 17.4. The van der Waals surface area contributed by atoms with Crippen molar-refractivity contribution in [3.8, 4) is 0 Å². The molecule has 4 rings (SSSR count). The number of aryl methyl sites for hydroxylation is 1. The Morgan fingerprint density at radius 3 is 2.56 bits per heavy atom. The molecule has 0 fully saturated rings. The molecular formula is C22H18F6N4O2S2. The van der Waals surface area contributed by atoms with E-state index in [1.54, 1.807) is 17.8 Å². The van der Waals surface area contributed by atoms with Crippen molar-refractivity contribution in [2.24, 2.45) is 10.2 Å². The summed E-state index contributed by atoms with van der Waals surface area (Å²) in [5, 5.41) is 17.9. The van der Waals surface area contributed by atoms with Gasteiger partial charge in [0.15, 0.2) is 0 Å². The largest absolute Gasteiger partial charge is 0.478 e. The number of fused-ring (bicyclic) bond motifs is 2. The molecular weight excluding hydrogens is 530 g/mol. The van der Waals surface area contributed by atoms with Crippen molar-refractivity contribution in [2.75, 3.05) is 17.2 Å². The first-order valence-corrected chi connectivity index (χ1v) is 12.4. The molecule has 0 bridgehead atoms. The third-order valence-corrected chi connectivity index (χ3v) is 7.48. The summed E-state index contributed by atoms with van der Waals surface area (Å²) < 4.78 is 81.2. The quantitative estimate of drug-likeness (QED) is 0.193. The van der Waals surface area contributed by atoms with Gasteiger partial charge in [-0.25, -0.2) is 9.78 Å². The van der Waals surface area contributed by atoms with Gasteiger partial charge < -0.3 is 10.0 Å². The van der Waals surface area contributed by atoms with Crippen molar-refractivity contribution >= 4 is 55.8 Å². The fourth-order valence-corrected chi connectivity index (χ4v) is 5.85. The Hall–Kier alpha value is -2.87. The number of hydrogen-bond donors (Lipinski definition) is 1. The normalized spacial score (nSPS) is 14.7. The Balaban J connectivity index is 1.75. The van der Waals surface area contributed by atoms with Gasteiger partial charge in [0.1, 0.15) is 5.69 Å². The van der Waals surface area contributed by atoms with Gasteiger partial charge in [0, 0.05) is 17.1 Å². The SMILES string of the molecule is CCSc1cccc2nc(N=Nc3cc4c(cc3C(=O)O)N(C(C(F)(F)F)C(F)(F)F)CCC4)sc12. The number of anilines is 1. The minimum atomic E-state index is -5.60. The van der Waals surface area contributed by atoms with E-state index >= 15 is 0 Å². The Morgan fingerprint density at radius 2 is 1.92 bits per heavy atom. The topological polar surface area (TPSA) is 78.1 Å². The molecule has 2 aromatic carbocycles. The molecule has 0 atom stereocenters. The van der Waals surface area contributed by atoms with Crippen molar-refractivity contribution in [3.05, 3.63) is 41.5 Å². The van der Waals surface area contributed by atoms with Gasteiger partial charge in [-0.15, -0.1) is 22.0 Å². The van der Waals surface area contributed by atoms with Crippen molar-refractivity contribution in [1.82, 2.24) is 4.98 Å². The molecule has 6 nitrogen and oxygen atoms in total. The third kappa shape index (κ3) is 5.28. The Morgan fingerprint density at radius 1 is 1.19 bits per heavy atom. The van der Waals surface area contributed by atoms with Gasteiger partial charge >= 0.3 is 18.3 Å². The highest BCUT2D eigenvalue weighted by Crippen LogP contribution is 2.44. The van der Waals surface area contributed by atoms with E-state index in [0.29, 0.717) is 5.52 Å². The second-order valence-corrected chi connectivity index (χ2v) is 10.1. The molecule has 0 saturated heterocycles. The van der Waals surface area contributed by atoms with Gasteiger partial charge in [-0.05, 0) is 48.4 Å². The van der Waals surface area contributed by atoms with E-state index in [1.165, 1.54) is 17.4 Å². The first-order chi connectivity index (χ1) is 16.9. The highest BCUT2D eigenvalue weighted by atomic mass is 32.2. The third-order valence-electron chi connectivity index (χ3n) is 5.42. The van der Waals surface area contributed by atoms with Crippen LogP contribution >= 0.6 is 23.1 Å². The lowest BCUT2D eigenvalue weighted by Crippen LogP contribution is -2.56. The number of hydrogen-bond acceptors (Lipinski definition) is 7. The van der Waals surface area contributed by atoms with Gasteiger partial charge in [-0.3, -0.25) is 0 Å². The number of aromatic carboxylic acids is 1. The smallest absolute Gasteiger partial charge is 0.417 e. The summed E-state index contributed by atoms with van der Waals surface area (Å²) in [5.74, 6) is -0.718. The Kier molecular flexibility index (Phi) is 7.19. The predicted octanol–water partition coefficient (Wildman–Crippen LogP) is 7.77. The maximum Gasteiger partial charge on any atom is 0.417 e. The van der Waals surface area contributed by atoms with Crippen LogP contribution in [0.2, 0.25) is 0 Å². The molecule has 1 aromatic heterocycles. The molecule has 36 heavy (non-hydrogen) atoms. The number of halogens is 6. The summed E-state index contributed by atoms with van der Waals surface area (Å²) in [6.07, 6.45) is -11.0. The Labute approximate surface area is 209 Å². The summed E-state index contributed by atoms with van der Waals surface area (Å²) in [6, 6.07) is 3.80. The van der Waals surface area contributed by atoms with Crippen LogP contribution in [0.3, 0.4) is 0 Å². The van der Waals surface area contributed by atoms with Crippen molar-refractivity contribution in [2.45, 2.75) is 43.1 Å². The van der Waals surface area contributed by atoms with E-state index in [9.17, 15) is 36.2 Å². The van der Waals surface area contributed by atoms with E-state index in [1.807, 2.05) is 19.1 Å². The Bertz CT molecular complexity index is 1310. The van der Waals surface area contributed by atoms with Gasteiger partial charge in [0.2, 0.25) is 11.2 Å². The molecule has 1 aliphatic heterocycles. The average Bonchev–Trinajstić information content (AvgIpc) is 3.19. The molecule has 1 aliphatic rings. The molecule has 192 valence electrons. The zero-order valence-corrected chi connectivity index (χ0v) is 20.2. The summed E-state index contributed by atoms with van der Waals surface area (Å²) in [7, 11) is 0. The monoisotopic (exact) mass is 548 g/mol. The summed E-state index contributed by atoms with van der Waals surface area (Å²) in [6.45, 7) is 1.47. The number of carbonyl (C=O) groups is 1. The fraction of sp³-hybridized carbons (Fsp3) is 0.364. The lowest BCUT2D eigenvalue weighted by atomic mass is 9.96. The van der Waals surface area contributed by atoms with Crippen molar-refractivity contribution in [3.63, 3.8) is 0 Å². The first kappa shape index (κ1) is 26.2. The lowest BCUT2D eigenvalue weighted by molar-refractivity contribution is -0.250. The molecule has 0 spiro atoms. The zero-order chi connectivity index (χ0) is 26.3. The molecule has 1 N–H and O–H groups in total. The van der Waals surface area contributed by atoms with E-state index in [2.05, 4.69) is 15.2 Å². The van der Waals surface area contributed by atoms with Crippen LogP contribution in [-0.2, 0) is 6.42 Å². The van der Waals surface area contributed by atoms with E-state index in [-0.39, 0.29) is 34.1 Å². The highest BCUT2D eigenvalue weighted by Gasteiger charge is 2.60. The number of benzene rings is 2. The molecule has 0 aliphatic carbocycles. The summed E-state index contributed by atoms with van der Waals surface area (Å²) in [5.41, 5.74) is -0.364. The molecule has 3 aromatic rings. The van der Waals surface area contributed by atoms with Gasteiger partial charge in [-0.1, -0.05) is 24.3 Å².